The van der Waals surface area contributed by atoms with Crippen LogP contribution >= 0.6 is 0 Å². The molecule has 2 amide bonds. The Morgan fingerprint density at radius 3 is 2.62 bits per heavy atom. The van der Waals surface area contributed by atoms with E-state index in [9.17, 15) is 9.59 Å². The molecule has 0 saturated carbocycles. The molecule has 7 heteroatoms. The molecule has 0 bridgehead atoms. The van der Waals surface area contributed by atoms with Crippen LogP contribution in [0.25, 0.3) is 10.9 Å². The molecule has 2 aliphatic heterocycles. The van der Waals surface area contributed by atoms with Crippen molar-refractivity contribution in [3.05, 3.63) is 59.8 Å². The highest BCUT2D eigenvalue weighted by Crippen LogP contribution is 2.39. The maximum absolute atomic E-state index is 13.7. The van der Waals surface area contributed by atoms with E-state index in [1.165, 1.54) is 5.56 Å². The van der Waals surface area contributed by atoms with E-state index >= 15 is 0 Å². The van der Waals surface area contributed by atoms with Gasteiger partial charge in [-0.15, -0.1) is 0 Å². The molecule has 1 fully saturated rings. The number of rotatable bonds is 2. The van der Waals surface area contributed by atoms with Gasteiger partial charge in [0.15, 0.2) is 0 Å². The number of ether oxygens (including phenoxy) is 2. The van der Waals surface area contributed by atoms with Crippen LogP contribution in [0.15, 0.2) is 48.5 Å². The molecule has 1 saturated heterocycles. The number of carbonyl (C=O) groups is 2. The summed E-state index contributed by atoms with van der Waals surface area (Å²) in [6.07, 6.45) is 6.41. The van der Waals surface area contributed by atoms with Crippen molar-refractivity contribution in [2.75, 3.05) is 40.4 Å². The number of hydrogen-bond acceptors (Lipinski definition) is 4. The number of nitrogens with zero attached hydrogens (tertiary/aromatic N) is 2. The summed E-state index contributed by atoms with van der Waals surface area (Å²) in [4.78, 5) is 34.1. The molecule has 5 rings (SSSR count). The van der Waals surface area contributed by atoms with Crippen LogP contribution in [-0.4, -0.2) is 67.0 Å². The zero-order chi connectivity index (χ0) is 25.8. The SMILES string of the molecule is COc1ccc2cc(C(=O)N3CCC4(CCCCCc5ccccc5OCCN(C)C4=O)CC3)[nH]c2c1. The average molecular weight is 504 g/mol. The first kappa shape index (κ1) is 25.2. The molecule has 0 radical (unpaired) electrons. The minimum absolute atomic E-state index is 0.0124. The molecule has 3 aromatic rings. The standard InChI is InChI=1S/C30H37N3O4/c1-32-18-19-37-27-10-6-5-9-22(27)8-4-3-7-13-30(29(32)35)14-16-33(17-15-30)28(34)26-20-23-11-12-24(36-2)21-25(23)31-26/h5-6,9-12,20-21,31H,3-4,7-8,13-19H2,1-2H3. The second-order valence-corrected chi connectivity index (χ2v) is 10.5. The number of methoxy groups -OCH3 is 1. The van der Waals surface area contributed by atoms with Crippen molar-refractivity contribution in [1.29, 1.82) is 0 Å². The number of H-pyrrole nitrogens is 1. The number of benzene rings is 2. The third-order valence-corrected chi connectivity index (χ3v) is 8.13. The van der Waals surface area contributed by atoms with E-state index < -0.39 is 5.41 Å². The van der Waals surface area contributed by atoms with Crippen LogP contribution in [0.2, 0.25) is 0 Å². The highest BCUT2D eigenvalue weighted by molar-refractivity contribution is 5.98. The van der Waals surface area contributed by atoms with Crippen molar-refractivity contribution in [3.8, 4) is 11.5 Å². The second-order valence-electron chi connectivity index (χ2n) is 10.5. The number of likely N-dealkylation sites (tertiary alicyclic amines) is 1. The Hall–Kier alpha value is -3.48. The Bertz CT molecular complexity index is 1260. The van der Waals surface area contributed by atoms with Crippen molar-refractivity contribution >= 4 is 22.7 Å². The Balaban J connectivity index is 1.27. The number of aromatic nitrogens is 1. The van der Waals surface area contributed by atoms with E-state index in [-0.39, 0.29) is 11.8 Å². The number of carbonyl (C=O) groups excluding carboxylic acids is 2. The predicted molar refractivity (Wildman–Crippen MR) is 144 cm³/mol. The normalized spacial score (nSPS) is 18.9. The minimum Gasteiger partial charge on any atom is -0.497 e. The van der Waals surface area contributed by atoms with Crippen molar-refractivity contribution < 1.29 is 19.1 Å². The number of nitrogens with one attached hydrogen (secondary N) is 1. The summed E-state index contributed by atoms with van der Waals surface area (Å²) in [6.45, 7) is 2.19. The number of piperidine rings is 1. The third-order valence-electron chi connectivity index (χ3n) is 8.13. The molecular weight excluding hydrogens is 466 g/mol. The lowest BCUT2D eigenvalue weighted by atomic mass is 9.73. The first-order chi connectivity index (χ1) is 18.0. The molecule has 0 unspecified atom stereocenters. The summed E-state index contributed by atoms with van der Waals surface area (Å²) in [6, 6.07) is 15.9. The van der Waals surface area contributed by atoms with Crippen LogP contribution in [-0.2, 0) is 11.2 Å². The fraction of sp³-hybridized carbons (Fsp3) is 0.467. The minimum atomic E-state index is -0.416. The smallest absolute Gasteiger partial charge is 0.270 e. The van der Waals surface area contributed by atoms with Gasteiger partial charge in [-0.2, -0.15) is 0 Å². The van der Waals surface area contributed by atoms with Crippen LogP contribution in [0.4, 0.5) is 0 Å². The molecule has 0 atom stereocenters. The molecule has 2 aliphatic rings. The van der Waals surface area contributed by atoms with Crippen LogP contribution in [0.3, 0.4) is 0 Å². The quantitative estimate of drug-likeness (QED) is 0.531. The molecule has 3 heterocycles. The van der Waals surface area contributed by atoms with Gasteiger partial charge in [0.25, 0.3) is 5.91 Å². The van der Waals surface area contributed by atoms with Gasteiger partial charge in [0, 0.05) is 37.1 Å². The number of fused-ring (bicyclic) bond motifs is 2. The van der Waals surface area contributed by atoms with Crippen molar-refractivity contribution in [3.63, 3.8) is 0 Å². The summed E-state index contributed by atoms with van der Waals surface area (Å²) in [5.41, 5.74) is 2.29. The molecule has 196 valence electrons. The van der Waals surface area contributed by atoms with Crippen LogP contribution in [0.1, 0.15) is 54.6 Å². The van der Waals surface area contributed by atoms with Gasteiger partial charge in [-0.05, 0) is 61.9 Å². The Kier molecular flexibility index (Phi) is 7.40. The van der Waals surface area contributed by atoms with Gasteiger partial charge in [0.1, 0.15) is 23.8 Å². The lowest BCUT2D eigenvalue weighted by Gasteiger charge is -2.42. The van der Waals surface area contributed by atoms with Gasteiger partial charge in [0.2, 0.25) is 5.91 Å². The summed E-state index contributed by atoms with van der Waals surface area (Å²) in [5, 5.41) is 0.981. The summed E-state index contributed by atoms with van der Waals surface area (Å²) < 4.78 is 11.4. The van der Waals surface area contributed by atoms with Crippen LogP contribution in [0, 0.1) is 5.41 Å². The van der Waals surface area contributed by atoms with E-state index in [2.05, 4.69) is 17.1 Å². The molecule has 1 N–H and O–H groups in total. The highest BCUT2D eigenvalue weighted by Gasteiger charge is 2.43. The monoisotopic (exact) mass is 503 g/mol. The van der Waals surface area contributed by atoms with E-state index in [1.54, 1.807) is 7.11 Å². The van der Waals surface area contributed by atoms with Crippen molar-refractivity contribution in [2.24, 2.45) is 5.41 Å². The molecule has 7 nitrogen and oxygen atoms in total. The van der Waals surface area contributed by atoms with E-state index in [1.807, 2.05) is 53.2 Å². The number of para-hydroxylation sites is 1. The zero-order valence-corrected chi connectivity index (χ0v) is 21.9. The van der Waals surface area contributed by atoms with Crippen LogP contribution in [0.5, 0.6) is 11.5 Å². The number of likely N-dealkylation sites (N-methyl/N-ethyl adjacent to an activating group) is 1. The average Bonchev–Trinajstić information content (AvgIpc) is 3.36. The van der Waals surface area contributed by atoms with Crippen LogP contribution < -0.4 is 9.47 Å². The van der Waals surface area contributed by atoms with E-state index in [0.29, 0.717) is 44.8 Å². The van der Waals surface area contributed by atoms with E-state index in [4.69, 9.17) is 9.47 Å². The van der Waals surface area contributed by atoms with Gasteiger partial charge in [-0.3, -0.25) is 9.59 Å². The highest BCUT2D eigenvalue weighted by atomic mass is 16.5. The largest absolute Gasteiger partial charge is 0.497 e. The van der Waals surface area contributed by atoms with Gasteiger partial charge in [-0.1, -0.05) is 31.0 Å². The third kappa shape index (κ3) is 5.31. The maximum Gasteiger partial charge on any atom is 0.270 e. The van der Waals surface area contributed by atoms with Gasteiger partial charge < -0.3 is 24.3 Å². The van der Waals surface area contributed by atoms with Gasteiger partial charge in [0.05, 0.1) is 19.1 Å². The predicted octanol–water partition coefficient (Wildman–Crippen LogP) is 5.05. The Morgan fingerprint density at radius 2 is 1.81 bits per heavy atom. The molecule has 1 aromatic heterocycles. The fourth-order valence-corrected chi connectivity index (χ4v) is 5.83. The maximum atomic E-state index is 13.7. The summed E-state index contributed by atoms with van der Waals surface area (Å²) in [7, 11) is 3.52. The topological polar surface area (TPSA) is 74.9 Å². The summed E-state index contributed by atoms with van der Waals surface area (Å²) in [5.74, 6) is 1.86. The fourth-order valence-electron chi connectivity index (χ4n) is 5.83. The number of aryl methyl sites for hydroxylation is 1. The molecular formula is C30H37N3O4. The van der Waals surface area contributed by atoms with E-state index in [0.717, 1.165) is 54.5 Å². The number of aromatic amines is 1. The van der Waals surface area contributed by atoms with Gasteiger partial charge in [-0.25, -0.2) is 0 Å². The number of amides is 2. The molecule has 0 aliphatic carbocycles. The summed E-state index contributed by atoms with van der Waals surface area (Å²) >= 11 is 0. The second kappa shape index (κ2) is 10.9. The molecule has 2 aromatic carbocycles. The Labute approximate surface area is 218 Å². The first-order valence-corrected chi connectivity index (χ1v) is 13.4. The van der Waals surface area contributed by atoms with Crippen molar-refractivity contribution in [1.82, 2.24) is 14.8 Å². The molecule has 1 spiro atoms. The number of hydrogen-bond donors (Lipinski definition) is 1. The van der Waals surface area contributed by atoms with Crippen molar-refractivity contribution in [2.45, 2.75) is 44.9 Å². The lowest BCUT2D eigenvalue weighted by Crippen LogP contribution is -2.51. The van der Waals surface area contributed by atoms with Gasteiger partial charge >= 0.3 is 0 Å². The lowest BCUT2D eigenvalue weighted by molar-refractivity contribution is -0.144. The Morgan fingerprint density at radius 1 is 1.00 bits per heavy atom. The molecule has 37 heavy (non-hydrogen) atoms. The first-order valence-electron chi connectivity index (χ1n) is 13.4. The zero-order valence-electron chi connectivity index (χ0n) is 21.9.